The van der Waals surface area contributed by atoms with Crippen molar-refractivity contribution in [1.29, 1.82) is 0 Å². The van der Waals surface area contributed by atoms with E-state index in [-0.39, 0.29) is 11.6 Å². The second kappa shape index (κ2) is 5.72. The number of aryl methyl sites for hydroxylation is 2. The van der Waals surface area contributed by atoms with Gasteiger partial charge in [-0.1, -0.05) is 6.07 Å². The minimum Gasteiger partial charge on any atom is -0.490 e. The minimum absolute atomic E-state index is 0.0628. The van der Waals surface area contributed by atoms with Crippen molar-refractivity contribution in [2.24, 2.45) is 0 Å². The standard InChI is InChI=1S/C17H16N2O4/c1-11-3-4-13(9-12(11)2)17(20)18-7-8-23-16-6-5-14(19(21)22)10-15(16)18/h3-6,9-10H,7-8H2,1-2H3. The summed E-state index contributed by atoms with van der Waals surface area (Å²) in [6.07, 6.45) is 0. The van der Waals surface area contributed by atoms with Crippen molar-refractivity contribution < 1.29 is 14.5 Å². The zero-order valence-electron chi connectivity index (χ0n) is 12.9. The molecule has 0 saturated carbocycles. The van der Waals surface area contributed by atoms with E-state index in [1.165, 1.54) is 23.1 Å². The molecule has 6 heteroatoms. The maximum atomic E-state index is 12.8. The molecule has 6 nitrogen and oxygen atoms in total. The molecular weight excluding hydrogens is 296 g/mol. The molecule has 0 bridgehead atoms. The van der Waals surface area contributed by atoms with Crippen LogP contribution < -0.4 is 9.64 Å². The Bertz CT molecular complexity index is 801. The average Bonchev–Trinajstić information content (AvgIpc) is 2.55. The largest absolute Gasteiger partial charge is 0.490 e. The van der Waals surface area contributed by atoms with Crippen molar-refractivity contribution in [1.82, 2.24) is 0 Å². The van der Waals surface area contributed by atoms with Crippen molar-refractivity contribution in [3.63, 3.8) is 0 Å². The maximum absolute atomic E-state index is 12.8. The van der Waals surface area contributed by atoms with Crippen LogP contribution >= 0.6 is 0 Å². The van der Waals surface area contributed by atoms with Gasteiger partial charge in [0.05, 0.1) is 17.2 Å². The Kier molecular flexibility index (Phi) is 3.73. The lowest BCUT2D eigenvalue weighted by Crippen LogP contribution is -2.38. The number of nitro groups is 1. The lowest BCUT2D eigenvalue weighted by Gasteiger charge is -2.29. The van der Waals surface area contributed by atoms with Gasteiger partial charge < -0.3 is 9.64 Å². The van der Waals surface area contributed by atoms with Crippen LogP contribution in [0.4, 0.5) is 11.4 Å². The Balaban J connectivity index is 2.01. The summed E-state index contributed by atoms with van der Waals surface area (Å²) in [5.74, 6) is 0.303. The van der Waals surface area contributed by atoms with Crippen LogP contribution in [0.15, 0.2) is 36.4 Å². The molecule has 2 aromatic carbocycles. The molecule has 1 amide bonds. The van der Waals surface area contributed by atoms with Crippen molar-refractivity contribution in [2.45, 2.75) is 13.8 Å². The highest BCUT2D eigenvalue weighted by molar-refractivity contribution is 6.07. The predicted molar refractivity (Wildman–Crippen MR) is 86.2 cm³/mol. The highest BCUT2D eigenvalue weighted by Crippen LogP contribution is 2.35. The molecule has 0 unspecified atom stereocenters. The molecule has 118 valence electrons. The van der Waals surface area contributed by atoms with Crippen molar-refractivity contribution in [3.8, 4) is 5.75 Å². The highest BCUT2D eigenvalue weighted by atomic mass is 16.6. The smallest absolute Gasteiger partial charge is 0.271 e. The number of carbonyl (C=O) groups is 1. The first-order valence-corrected chi connectivity index (χ1v) is 7.28. The number of rotatable bonds is 2. The van der Waals surface area contributed by atoms with Crippen molar-refractivity contribution in [3.05, 3.63) is 63.2 Å². The van der Waals surface area contributed by atoms with Crippen LogP contribution in [0.5, 0.6) is 5.75 Å². The van der Waals surface area contributed by atoms with Gasteiger partial charge in [-0.05, 0) is 43.2 Å². The molecule has 1 heterocycles. The van der Waals surface area contributed by atoms with E-state index in [4.69, 9.17) is 4.74 Å². The third-order valence-corrected chi connectivity index (χ3v) is 4.02. The lowest BCUT2D eigenvalue weighted by atomic mass is 10.0. The van der Waals surface area contributed by atoms with E-state index in [9.17, 15) is 14.9 Å². The van der Waals surface area contributed by atoms with Gasteiger partial charge in [-0.25, -0.2) is 0 Å². The van der Waals surface area contributed by atoms with Crippen LogP contribution in [-0.2, 0) is 0 Å². The van der Waals surface area contributed by atoms with Gasteiger partial charge in [0, 0.05) is 17.7 Å². The first-order valence-electron chi connectivity index (χ1n) is 7.28. The second-order valence-corrected chi connectivity index (χ2v) is 5.51. The van der Waals surface area contributed by atoms with Crippen molar-refractivity contribution in [2.75, 3.05) is 18.1 Å². The number of hydrogen-bond donors (Lipinski definition) is 0. The number of benzene rings is 2. The van der Waals surface area contributed by atoms with Crippen LogP contribution in [0.3, 0.4) is 0 Å². The zero-order chi connectivity index (χ0) is 16.6. The Morgan fingerprint density at radius 1 is 1.17 bits per heavy atom. The molecule has 1 aliphatic heterocycles. The Morgan fingerprint density at radius 2 is 1.96 bits per heavy atom. The summed E-state index contributed by atoms with van der Waals surface area (Å²) < 4.78 is 5.50. The fraction of sp³-hybridized carbons (Fsp3) is 0.235. The third-order valence-electron chi connectivity index (χ3n) is 4.02. The van der Waals surface area contributed by atoms with Gasteiger partial charge in [0.2, 0.25) is 0 Å². The van der Waals surface area contributed by atoms with E-state index in [1.54, 1.807) is 6.07 Å². The summed E-state index contributed by atoms with van der Waals surface area (Å²) in [5.41, 5.74) is 3.08. The number of amides is 1. The molecule has 0 saturated heterocycles. The molecule has 0 N–H and O–H groups in total. The summed E-state index contributed by atoms with van der Waals surface area (Å²) in [7, 11) is 0. The summed E-state index contributed by atoms with van der Waals surface area (Å²) in [6, 6.07) is 9.81. The summed E-state index contributed by atoms with van der Waals surface area (Å²) >= 11 is 0. The van der Waals surface area contributed by atoms with E-state index in [2.05, 4.69) is 0 Å². The SMILES string of the molecule is Cc1ccc(C(=O)N2CCOc3ccc([N+](=O)[O-])cc32)cc1C. The molecule has 3 rings (SSSR count). The number of anilines is 1. The van der Waals surface area contributed by atoms with Gasteiger partial charge in [0.15, 0.2) is 0 Å². The Labute approximate surface area is 133 Å². The molecule has 0 aromatic heterocycles. The molecule has 0 fully saturated rings. The molecule has 2 aromatic rings. The summed E-state index contributed by atoms with van der Waals surface area (Å²) in [5, 5.41) is 11.0. The first-order chi connectivity index (χ1) is 11.0. The topological polar surface area (TPSA) is 72.7 Å². The predicted octanol–water partition coefficient (Wildman–Crippen LogP) is 3.25. The fourth-order valence-corrected chi connectivity index (χ4v) is 2.56. The molecule has 0 spiro atoms. The zero-order valence-corrected chi connectivity index (χ0v) is 12.9. The number of ether oxygens (including phenoxy) is 1. The fourth-order valence-electron chi connectivity index (χ4n) is 2.56. The van der Waals surface area contributed by atoms with E-state index >= 15 is 0 Å². The second-order valence-electron chi connectivity index (χ2n) is 5.51. The van der Waals surface area contributed by atoms with Gasteiger partial charge in [-0.15, -0.1) is 0 Å². The van der Waals surface area contributed by atoms with E-state index in [0.717, 1.165) is 11.1 Å². The number of hydrogen-bond acceptors (Lipinski definition) is 4. The Hall–Kier alpha value is -2.89. The number of nitrogens with zero attached hydrogens (tertiary/aromatic N) is 2. The molecule has 0 atom stereocenters. The summed E-state index contributed by atoms with van der Waals surface area (Å²) in [6.45, 7) is 4.66. The number of carbonyl (C=O) groups excluding carboxylic acids is 1. The van der Waals surface area contributed by atoms with Crippen LogP contribution in [0, 0.1) is 24.0 Å². The van der Waals surface area contributed by atoms with E-state index in [1.807, 2.05) is 26.0 Å². The number of non-ortho nitro benzene ring substituents is 1. The molecule has 1 aliphatic rings. The van der Waals surface area contributed by atoms with Crippen LogP contribution in [0.1, 0.15) is 21.5 Å². The molecule has 23 heavy (non-hydrogen) atoms. The highest BCUT2D eigenvalue weighted by Gasteiger charge is 2.27. The molecular formula is C17H16N2O4. The van der Waals surface area contributed by atoms with Gasteiger partial charge >= 0.3 is 0 Å². The van der Waals surface area contributed by atoms with Crippen LogP contribution in [0.25, 0.3) is 0 Å². The minimum atomic E-state index is -0.479. The first kappa shape index (κ1) is 15.0. The molecule has 0 aliphatic carbocycles. The van der Waals surface area contributed by atoms with Crippen LogP contribution in [-0.4, -0.2) is 24.0 Å². The van der Waals surface area contributed by atoms with E-state index in [0.29, 0.717) is 30.2 Å². The normalized spacial score (nSPS) is 13.2. The van der Waals surface area contributed by atoms with Crippen LogP contribution in [0.2, 0.25) is 0 Å². The molecule has 0 radical (unpaired) electrons. The number of nitro benzene ring substituents is 1. The Morgan fingerprint density at radius 3 is 2.65 bits per heavy atom. The quantitative estimate of drug-likeness (QED) is 0.630. The maximum Gasteiger partial charge on any atom is 0.271 e. The summed E-state index contributed by atoms with van der Waals surface area (Å²) in [4.78, 5) is 24.8. The van der Waals surface area contributed by atoms with Crippen molar-refractivity contribution >= 4 is 17.3 Å². The average molecular weight is 312 g/mol. The van der Waals surface area contributed by atoms with Gasteiger partial charge in [0.1, 0.15) is 12.4 Å². The lowest BCUT2D eigenvalue weighted by molar-refractivity contribution is -0.384. The van der Waals surface area contributed by atoms with Gasteiger partial charge in [0.25, 0.3) is 11.6 Å². The number of fused-ring (bicyclic) bond motifs is 1. The van der Waals surface area contributed by atoms with E-state index < -0.39 is 4.92 Å². The third kappa shape index (κ3) is 2.75. The monoisotopic (exact) mass is 312 g/mol. The van der Waals surface area contributed by atoms with Gasteiger partial charge in [-0.2, -0.15) is 0 Å². The van der Waals surface area contributed by atoms with Gasteiger partial charge in [-0.3, -0.25) is 14.9 Å².